The predicted molar refractivity (Wildman–Crippen MR) is 117 cm³/mol. The van der Waals surface area contributed by atoms with Crippen molar-refractivity contribution in [3.63, 3.8) is 0 Å². The molecule has 8 nitrogen and oxygen atoms in total. The Hall–Kier alpha value is -3.59. The minimum Gasteiger partial charge on any atom is -0.361 e. The molecule has 0 bridgehead atoms. The molecule has 2 saturated heterocycles. The van der Waals surface area contributed by atoms with Gasteiger partial charge in [-0.05, 0) is 35.4 Å². The molecule has 3 aromatic rings. The van der Waals surface area contributed by atoms with Crippen LogP contribution in [0.3, 0.4) is 0 Å². The lowest BCUT2D eigenvalue weighted by Gasteiger charge is -2.42. The fraction of sp³-hybridized carbons (Fsp3) is 0.333. The second kappa shape index (κ2) is 8.40. The van der Waals surface area contributed by atoms with E-state index in [1.807, 2.05) is 12.1 Å². The van der Waals surface area contributed by atoms with E-state index in [9.17, 15) is 14.0 Å². The van der Waals surface area contributed by atoms with Crippen LogP contribution in [0.4, 0.5) is 4.39 Å². The van der Waals surface area contributed by atoms with Crippen molar-refractivity contribution in [2.75, 3.05) is 26.2 Å². The average Bonchev–Trinajstić information content (AvgIpc) is 3.43. The van der Waals surface area contributed by atoms with Crippen LogP contribution in [0.15, 0.2) is 61.1 Å². The third-order valence-electron chi connectivity index (χ3n) is 6.36. The predicted octanol–water partition coefficient (Wildman–Crippen LogP) is 1.99. The summed E-state index contributed by atoms with van der Waals surface area (Å²) in [5.41, 5.74) is 0.780. The fourth-order valence-corrected chi connectivity index (χ4v) is 4.72. The van der Waals surface area contributed by atoms with E-state index in [4.69, 9.17) is 4.74 Å². The number of likely N-dealkylation sites (tertiary alicyclic amines) is 1. The molecule has 33 heavy (non-hydrogen) atoms. The normalized spacial score (nSPS) is 22.8. The molecule has 0 radical (unpaired) electrons. The second-order valence-electron chi connectivity index (χ2n) is 8.49. The van der Waals surface area contributed by atoms with E-state index in [0.29, 0.717) is 31.9 Å². The highest BCUT2D eigenvalue weighted by molar-refractivity contribution is 5.95. The number of ether oxygens (including phenoxy) is 1. The zero-order valence-electron chi connectivity index (χ0n) is 18.2. The van der Waals surface area contributed by atoms with E-state index in [1.165, 1.54) is 12.1 Å². The third-order valence-corrected chi connectivity index (χ3v) is 6.36. The van der Waals surface area contributed by atoms with Gasteiger partial charge in [-0.25, -0.2) is 4.39 Å². The van der Waals surface area contributed by atoms with Gasteiger partial charge in [0, 0.05) is 51.2 Å². The second-order valence-corrected chi connectivity index (χ2v) is 8.49. The number of nitrogens with zero attached hydrogens (tertiary/aromatic N) is 5. The molecule has 0 unspecified atom stereocenters. The Bertz CT molecular complexity index is 1170. The lowest BCUT2D eigenvalue weighted by molar-refractivity contribution is -0.172. The summed E-state index contributed by atoms with van der Waals surface area (Å²) in [5, 5.41) is 4.23. The van der Waals surface area contributed by atoms with Crippen molar-refractivity contribution >= 4 is 11.8 Å². The van der Waals surface area contributed by atoms with Gasteiger partial charge in [0.25, 0.3) is 11.8 Å². The Balaban J connectivity index is 1.47. The van der Waals surface area contributed by atoms with E-state index < -0.39 is 5.60 Å². The van der Waals surface area contributed by atoms with Crippen LogP contribution in [-0.4, -0.2) is 68.2 Å². The van der Waals surface area contributed by atoms with Gasteiger partial charge in [0.15, 0.2) is 5.60 Å². The first-order chi connectivity index (χ1) is 16.0. The minimum absolute atomic E-state index is 0.126. The molecule has 0 N–H and O–H groups in total. The molecule has 1 aromatic carbocycles. The first-order valence-electron chi connectivity index (χ1n) is 10.8. The maximum Gasteiger partial charge on any atom is 0.274 e. The zero-order valence-corrected chi connectivity index (χ0v) is 18.2. The van der Waals surface area contributed by atoms with Gasteiger partial charge in [-0.2, -0.15) is 5.10 Å². The van der Waals surface area contributed by atoms with Gasteiger partial charge in [-0.15, -0.1) is 0 Å². The lowest BCUT2D eigenvalue weighted by atomic mass is 9.83. The van der Waals surface area contributed by atoms with E-state index in [2.05, 4.69) is 10.1 Å². The van der Waals surface area contributed by atoms with E-state index in [0.717, 1.165) is 11.1 Å². The number of halogens is 1. The lowest BCUT2D eigenvalue weighted by Crippen LogP contribution is -2.60. The van der Waals surface area contributed by atoms with E-state index >= 15 is 0 Å². The van der Waals surface area contributed by atoms with Crippen molar-refractivity contribution in [2.24, 2.45) is 7.05 Å². The number of aromatic nitrogens is 3. The monoisotopic (exact) mass is 449 g/mol. The first kappa shape index (κ1) is 21.3. The van der Waals surface area contributed by atoms with Gasteiger partial charge in [0.1, 0.15) is 11.5 Å². The SMILES string of the molecule is Cn1ccc(C(=O)N2C[C@@H](c3cccnc3)[C@]3(C2)OCCN(Cc2ccc(F)cc2)C3=O)n1. The molecule has 2 amide bonds. The number of hydrogen-bond acceptors (Lipinski definition) is 5. The average molecular weight is 449 g/mol. The molecular weight excluding hydrogens is 425 g/mol. The Labute approximate surface area is 190 Å². The van der Waals surface area contributed by atoms with Gasteiger partial charge < -0.3 is 14.5 Å². The highest BCUT2D eigenvalue weighted by atomic mass is 19.1. The molecule has 2 fully saturated rings. The van der Waals surface area contributed by atoms with Crippen molar-refractivity contribution in [1.82, 2.24) is 24.6 Å². The highest BCUT2D eigenvalue weighted by Gasteiger charge is 2.58. The number of benzene rings is 1. The fourth-order valence-electron chi connectivity index (χ4n) is 4.72. The molecule has 2 aliphatic rings. The van der Waals surface area contributed by atoms with Crippen LogP contribution in [0.5, 0.6) is 0 Å². The zero-order chi connectivity index (χ0) is 23.0. The standard InChI is InChI=1S/C24H24FN5O3/c1-28-10-8-21(27-28)22(31)30-15-20(18-3-2-9-26-13-18)24(16-30)23(32)29(11-12-33-24)14-17-4-6-19(25)7-5-17/h2-10,13,20H,11-12,14-16H2,1H3/t20-,24-/m0/s1. The molecule has 9 heteroatoms. The molecule has 4 heterocycles. The van der Waals surface area contributed by atoms with Gasteiger partial charge in [-0.3, -0.25) is 19.3 Å². The quantitative estimate of drug-likeness (QED) is 0.609. The van der Waals surface area contributed by atoms with Crippen LogP contribution in [0.2, 0.25) is 0 Å². The number of aryl methyl sites for hydroxylation is 1. The number of morpholine rings is 1. The number of carbonyl (C=O) groups excluding carboxylic acids is 2. The van der Waals surface area contributed by atoms with Crippen LogP contribution in [0, 0.1) is 5.82 Å². The van der Waals surface area contributed by atoms with Gasteiger partial charge >= 0.3 is 0 Å². The van der Waals surface area contributed by atoms with Crippen molar-refractivity contribution in [3.05, 3.63) is 83.7 Å². The molecule has 1 spiro atoms. The molecular formula is C24H24FN5O3. The minimum atomic E-state index is -1.22. The Kier molecular flexibility index (Phi) is 5.41. The van der Waals surface area contributed by atoms with Crippen molar-refractivity contribution in [3.8, 4) is 0 Å². The van der Waals surface area contributed by atoms with Crippen molar-refractivity contribution in [1.29, 1.82) is 0 Å². The summed E-state index contributed by atoms with van der Waals surface area (Å²) in [6.45, 7) is 1.55. The van der Waals surface area contributed by atoms with E-state index in [1.54, 1.807) is 58.3 Å². The summed E-state index contributed by atoms with van der Waals surface area (Å²) in [7, 11) is 1.75. The summed E-state index contributed by atoms with van der Waals surface area (Å²) < 4.78 is 21.1. The largest absolute Gasteiger partial charge is 0.361 e. The summed E-state index contributed by atoms with van der Waals surface area (Å²) >= 11 is 0. The number of rotatable bonds is 4. The van der Waals surface area contributed by atoms with Crippen LogP contribution in [0.25, 0.3) is 0 Å². The maximum absolute atomic E-state index is 13.9. The number of carbonyl (C=O) groups is 2. The molecule has 2 aliphatic heterocycles. The number of amides is 2. The Morgan fingerprint density at radius 1 is 1.24 bits per heavy atom. The third kappa shape index (κ3) is 3.89. The molecule has 0 aliphatic carbocycles. The Morgan fingerprint density at radius 3 is 2.76 bits per heavy atom. The topological polar surface area (TPSA) is 80.6 Å². The summed E-state index contributed by atoms with van der Waals surface area (Å²) in [4.78, 5) is 34.6. The van der Waals surface area contributed by atoms with Gasteiger partial charge in [0.2, 0.25) is 0 Å². The molecule has 170 valence electrons. The van der Waals surface area contributed by atoms with Crippen LogP contribution in [-0.2, 0) is 23.1 Å². The van der Waals surface area contributed by atoms with Crippen LogP contribution >= 0.6 is 0 Å². The van der Waals surface area contributed by atoms with Crippen LogP contribution < -0.4 is 0 Å². The summed E-state index contributed by atoms with van der Waals surface area (Å²) in [6, 6.07) is 11.5. The van der Waals surface area contributed by atoms with Crippen molar-refractivity contribution < 1.29 is 18.7 Å². The van der Waals surface area contributed by atoms with Gasteiger partial charge in [0.05, 0.1) is 13.2 Å². The number of pyridine rings is 1. The molecule has 5 rings (SSSR count). The molecule has 2 atom stereocenters. The highest BCUT2D eigenvalue weighted by Crippen LogP contribution is 2.42. The maximum atomic E-state index is 13.9. The van der Waals surface area contributed by atoms with E-state index in [-0.39, 0.29) is 30.1 Å². The summed E-state index contributed by atoms with van der Waals surface area (Å²) in [5.74, 6) is -1.11. The Morgan fingerprint density at radius 2 is 2.06 bits per heavy atom. The smallest absolute Gasteiger partial charge is 0.274 e. The van der Waals surface area contributed by atoms with Gasteiger partial charge in [-0.1, -0.05) is 18.2 Å². The van der Waals surface area contributed by atoms with Crippen molar-refractivity contribution in [2.45, 2.75) is 18.1 Å². The summed E-state index contributed by atoms with van der Waals surface area (Å²) in [6.07, 6.45) is 5.10. The molecule has 2 aromatic heterocycles. The van der Waals surface area contributed by atoms with Crippen LogP contribution in [0.1, 0.15) is 27.5 Å². The molecule has 0 saturated carbocycles. The number of hydrogen-bond donors (Lipinski definition) is 0. The first-order valence-corrected chi connectivity index (χ1v) is 10.8.